The van der Waals surface area contributed by atoms with Crippen LogP contribution < -0.4 is 11.3 Å². The van der Waals surface area contributed by atoms with Gasteiger partial charge in [-0.25, -0.2) is 0 Å². The Morgan fingerprint density at radius 1 is 1.50 bits per heavy atom. The van der Waals surface area contributed by atoms with E-state index in [1.165, 1.54) is 12.8 Å². The van der Waals surface area contributed by atoms with Crippen LogP contribution in [0.5, 0.6) is 0 Å². The van der Waals surface area contributed by atoms with Gasteiger partial charge in [0.05, 0.1) is 0 Å². The Hall–Kier alpha value is -0.160. The molecule has 0 bridgehead atoms. The number of methoxy groups -OCH3 is 1. The van der Waals surface area contributed by atoms with E-state index in [9.17, 15) is 0 Å². The summed E-state index contributed by atoms with van der Waals surface area (Å²) in [6, 6.07) is 0.387. The van der Waals surface area contributed by atoms with Crippen molar-refractivity contribution in [1.82, 2.24) is 5.43 Å². The Balaban J connectivity index is 2.16. The second kappa shape index (κ2) is 7.17. The van der Waals surface area contributed by atoms with Gasteiger partial charge in [0.15, 0.2) is 0 Å². The maximum atomic E-state index is 5.49. The molecule has 0 radical (unpaired) electrons. The van der Waals surface area contributed by atoms with Crippen molar-refractivity contribution in [2.24, 2.45) is 11.8 Å². The standard InChI is InChI=1S/C10H22N2O2/c1-13-5-4-10(12-11)8-9-2-6-14-7-3-9/h9-10,12H,2-8,11H2,1H3. The van der Waals surface area contributed by atoms with E-state index in [-0.39, 0.29) is 0 Å². The van der Waals surface area contributed by atoms with E-state index in [2.05, 4.69) is 5.43 Å². The summed E-state index contributed by atoms with van der Waals surface area (Å²) in [6.45, 7) is 2.59. The van der Waals surface area contributed by atoms with E-state index < -0.39 is 0 Å². The average Bonchev–Trinajstić information content (AvgIpc) is 2.25. The third kappa shape index (κ3) is 4.37. The molecule has 3 N–H and O–H groups in total. The molecule has 4 heteroatoms. The van der Waals surface area contributed by atoms with Crippen LogP contribution in [0.15, 0.2) is 0 Å². The minimum Gasteiger partial charge on any atom is -0.385 e. The van der Waals surface area contributed by atoms with Crippen molar-refractivity contribution in [1.29, 1.82) is 0 Å². The average molecular weight is 202 g/mol. The molecule has 1 saturated heterocycles. The zero-order valence-electron chi connectivity index (χ0n) is 9.00. The number of hydrogen-bond acceptors (Lipinski definition) is 4. The van der Waals surface area contributed by atoms with E-state index in [1.807, 2.05) is 0 Å². The predicted octanol–water partition coefficient (Wildman–Crippen LogP) is 0.672. The van der Waals surface area contributed by atoms with Crippen molar-refractivity contribution < 1.29 is 9.47 Å². The summed E-state index contributed by atoms with van der Waals surface area (Å²) in [5, 5.41) is 0. The van der Waals surface area contributed by atoms with Gasteiger partial charge in [-0.1, -0.05) is 0 Å². The molecule has 1 fully saturated rings. The van der Waals surface area contributed by atoms with Crippen LogP contribution in [0, 0.1) is 5.92 Å². The Bertz CT molecular complexity index is 138. The van der Waals surface area contributed by atoms with Gasteiger partial charge in [0, 0.05) is 33.0 Å². The normalized spacial score (nSPS) is 21.0. The van der Waals surface area contributed by atoms with Gasteiger partial charge in [0.1, 0.15) is 0 Å². The first-order chi connectivity index (χ1) is 6.86. The quantitative estimate of drug-likeness (QED) is 0.491. The molecule has 0 spiro atoms. The molecule has 1 aliphatic rings. The fraction of sp³-hybridized carbons (Fsp3) is 1.00. The molecule has 0 aromatic carbocycles. The topological polar surface area (TPSA) is 56.5 Å². The van der Waals surface area contributed by atoms with E-state index >= 15 is 0 Å². The Morgan fingerprint density at radius 3 is 2.79 bits per heavy atom. The first-order valence-corrected chi connectivity index (χ1v) is 5.39. The van der Waals surface area contributed by atoms with Gasteiger partial charge in [-0.2, -0.15) is 0 Å². The monoisotopic (exact) mass is 202 g/mol. The van der Waals surface area contributed by atoms with Gasteiger partial charge >= 0.3 is 0 Å². The molecule has 14 heavy (non-hydrogen) atoms. The van der Waals surface area contributed by atoms with Crippen molar-refractivity contribution in [2.75, 3.05) is 26.9 Å². The van der Waals surface area contributed by atoms with E-state index in [1.54, 1.807) is 7.11 Å². The fourth-order valence-corrected chi connectivity index (χ4v) is 1.91. The molecule has 0 aliphatic carbocycles. The highest BCUT2D eigenvalue weighted by molar-refractivity contribution is 4.72. The number of hydrogen-bond donors (Lipinski definition) is 2. The summed E-state index contributed by atoms with van der Waals surface area (Å²) < 4.78 is 10.4. The zero-order chi connectivity index (χ0) is 10.2. The first-order valence-electron chi connectivity index (χ1n) is 5.39. The number of ether oxygens (including phenoxy) is 2. The second-order valence-electron chi connectivity index (χ2n) is 3.94. The van der Waals surface area contributed by atoms with Crippen molar-refractivity contribution in [3.05, 3.63) is 0 Å². The molecule has 4 nitrogen and oxygen atoms in total. The summed E-state index contributed by atoms with van der Waals surface area (Å²) in [4.78, 5) is 0. The van der Waals surface area contributed by atoms with Gasteiger partial charge in [0.25, 0.3) is 0 Å². The maximum absolute atomic E-state index is 5.49. The molecule has 1 rings (SSSR count). The van der Waals surface area contributed by atoms with Crippen LogP contribution in [-0.4, -0.2) is 33.0 Å². The van der Waals surface area contributed by atoms with Gasteiger partial charge in [0.2, 0.25) is 0 Å². The van der Waals surface area contributed by atoms with Gasteiger partial charge in [-0.15, -0.1) is 0 Å². The van der Waals surface area contributed by atoms with Crippen molar-refractivity contribution >= 4 is 0 Å². The minimum absolute atomic E-state index is 0.387. The summed E-state index contributed by atoms with van der Waals surface area (Å²) >= 11 is 0. The number of nitrogens with two attached hydrogens (primary N) is 1. The molecule has 1 aliphatic heterocycles. The van der Waals surface area contributed by atoms with Crippen molar-refractivity contribution in [3.8, 4) is 0 Å². The number of rotatable bonds is 6. The number of nitrogens with one attached hydrogen (secondary N) is 1. The molecule has 0 aromatic heterocycles. The van der Waals surface area contributed by atoms with Crippen LogP contribution in [0.3, 0.4) is 0 Å². The lowest BCUT2D eigenvalue weighted by molar-refractivity contribution is 0.0588. The molecule has 84 valence electrons. The highest BCUT2D eigenvalue weighted by Crippen LogP contribution is 2.20. The molecule has 1 unspecified atom stereocenters. The van der Waals surface area contributed by atoms with E-state index in [0.717, 1.165) is 38.6 Å². The molecule has 0 saturated carbocycles. The lowest BCUT2D eigenvalue weighted by Gasteiger charge is -2.26. The molecule has 0 aromatic rings. The van der Waals surface area contributed by atoms with Crippen LogP contribution in [0.1, 0.15) is 25.7 Å². The Kier molecular flexibility index (Phi) is 6.10. The predicted molar refractivity (Wildman–Crippen MR) is 55.8 cm³/mol. The first kappa shape index (κ1) is 11.9. The van der Waals surface area contributed by atoms with Gasteiger partial charge < -0.3 is 9.47 Å². The van der Waals surface area contributed by atoms with Crippen LogP contribution in [0.2, 0.25) is 0 Å². The van der Waals surface area contributed by atoms with Crippen molar-refractivity contribution in [3.63, 3.8) is 0 Å². The second-order valence-corrected chi connectivity index (χ2v) is 3.94. The highest BCUT2D eigenvalue weighted by Gasteiger charge is 2.18. The summed E-state index contributed by atoms with van der Waals surface area (Å²) in [7, 11) is 1.72. The Morgan fingerprint density at radius 2 is 2.21 bits per heavy atom. The van der Waals surface area contributed by atoms with E-state index in [0.29, 0.717) is 6.04 Å². The molecular formula is C10H22N2O2. The van der Waals surface area contributed by atoms with Crippen LogP contribution in [0.4, 0.5) is 0 Å². The smallest absolute Gasteiger partial charge is 0.0477 e. The van der Waals surface area contributed by atoms with Crippen molar-refractivity contribution in [2.45, 2.75) is 31.7 Å². The lowest BCUT2D eigenvalue weighted by atomic mass is 9.92. The largest absolute Gasteiger partial charge is 0.385 e. The zero-order valence-corrected chi connectivity index (χ0v) is 9.00. The van der Waals surface area contributed by atoms with E-state index in [4.69, 9.17) is 15.3 Å². The Labute approximate surface area is 86.1 Å². The third-order valence-corrected chi connectivity index (χ3v) is 2.86. The van der Waals surface area contributed by atoms with Gasteiger partial charge in [-0.05, 0) is 31.6 Å². The van der Waals surface area contributed by atoms with Crippen LogP contribution in [-0.2, 0) is 9.47 Å². The summed E-state index contributed by atoms with van der Waals surface area (Å²) in [5.74, 6) is 6.26. The SMILES string of the molecule is COCCC(CC1CCOCC1)NN. The van der Waals surface area contributed by atoms with Gasteiger partial charge in [-0.3, -0.25) is 11.3 Å². The maximum Gasteiger partial charge on any atom is 0.0477 e. The van der Waals surface area contributed by atoms with Crippen LogP contribution in [0.25, 0.3) is 0 Å². The third-order valence-electron chi connectivity index (χ3n) is 2.86. The molecule has 0 amide bonds. The minimum atomic E-state index is 0.387. The fourth-order valence-electron chi connectivity index (χ4n) is 1.91. The molecular weight excluding hydrogens is 180 g/mol. The van der Waals surface area contributed by atoms with Crippen LogP contribution >= 0.6 is 0 Å². The lowest BCUT2D eigenvalue weighted by Crippen LogP contribution is -2.38. The summed E-state index contributed by atoms with van der Waals surface area (Å²) in [6.07, 6.45) is 4.48. The summed E-state index contributed by atoms with van der Waals surface area (Å²) in [5.41, 5.74) is 2.86. The highest BCUT2D eigenvalue weighted by atomic mass is 16.5. The number of hydrazine groups is 1. The molecule has 1 atom stereocenters. The molecule has 1 heterocycles.